The summed E-state index contributed by atoms with van der Waals surface area (Å²) in [5, 5.41) is 11.6. The van der Waals surface area contributed by atoms with Gasteiger partial charge in [-0.15, -0.1) is 0 Å². The predicted molar refractivity (Wildman–Crippen MR) is 70.2 cm³/mol. The van der Waals surface area contributed by atoms with Gasteiger partial charge in [0.1, 0.15) is 0 Å². The fraction of sp³-hybridized carbons (Fsp3) is 0.857. The van der Waals surface area contributed by atoms with Gasteiger partial charge in [-0.05, 0) is 32.1 Å². The monoisotopic (exact) mass is 255 g/mol. The van der Waals surface area contributed by atoms with Crippen LogP contribution in [0.15, 0.2) is 0 Å². The Morgan fingerprint density at radius 1 is 1.22 bits per heavy atom. The van der Waals surface area contributed by atoms with E-state index in [0.29, 0.717) is 5.92 Å². The van der Waals surface area contributed by atoms with Gasteiger partial charge in [-0.25, -0.2) is 0 Å². The number of carbonyl (C=O) groups excluding carboxylic acids is 1. The Bertz CT molecular complexity index is 306. The molecule has 104 valence electrons. The van der Waals surface area contributed by atoms with E-state index < -0.39 is 5.97 Å². The van der Waals surface area contributed by atoms with E-state index in [1.807, 2.05) is 0 Å². The molecule has 0 aliphatic heterocycles. The van der Waals surface area contributed by atoms with Crippen LogP contribution in [0.5, 0.6) is 0 Å². The molecule has 0 aromatic heterocycles. The lowest BCUT2D eigenvalue weighted by Crippen LogP contribution is -2.44. The number of nitrogens with one attached hydrogen (secondary N) is 1. The molecule has 1 aliphatic rings. The molecule has 0 aromatic rings. The highest BCUT2D eigenvalue weighted by Gasteiger charge is 2.41. The van der Waals surface area contributed by atoms with Crippen molar-refractivity contribution in [3.8, 4) is 0 Å². The predicted octanol–water partition coefficient (Wildman–Crippen LogP) is 2.57. The Morgan fingerprint density at radius 3 is 2.22 bits per heavy atom. The summed E-state index contributed by atoms with van der Waals surface area (Å²) >= 11 is 0. The quantitative estimate of drug-likeness (QED) is 0.766. The minimum atomic E-state index is -0.868. The zero-order chi connectivity index (χ0) is 13.8. The fourth-order valence-corrected chi connectivity index (χ4v) is 3.05. The van der Waals surface area contributed by atoms with Gasteiger partial charge >= 0.3 is 5.97 Å². The maximum Gasteiger partial charge on any atom is 0.305 e. The molecule has 4 heteroatoms. The minimum absolute atomic E-state index is 0.0104. The van der Waals surface area contributed by atoms with Gasteiger partial charge in [0.05, 0.1) is 6.42 Å². The van der Waals surface area contributed by atoms with Crippen LogP contribution in [0.3, 0.4) is 0 Å². The SMILES string of the molecule is CC(C)CC1(C(=O)NC(C)CC(=O)O)CCCC1. The van der Waals surface area contributed by atoms with E-state index in [-0.39, 0.29) is 23.8 Å². The summed E-state index contributed by atoms with van der Waals surface area (Å²) in [4.78, 5) is 23.0. The van der Waals surface area contributed by atoms with E-state index in [1.165, 1.54) is 0 Å². The second kappa shape index (κ2) is 6.21. The molecule has 1 atom stereocenters. The molecule has 1 amide bonds. The van der Waals surface area contributed by atoms with E-state index in [0.717, 1.165) is 32.1 Å². The summed E-state index contributed by atoms with van der Waals surface area (Å²) in [6.07, 6.45) is 4.98. The van der Waals surface area contributed by atoms with E-state index in [2.05, 4.69) is 19.2 Å². The molecule has 0 bridgehead atoms. The Balaban J connectivity index is 2.63. The molecule has 0 aromatic carbocycles. The van der Waals surface area contributed by atoms with Crippen molar-refractivity contribution in [3.63, 3.8) is 0 Å². The van der Waals surface area contributed by atoms with E-state index >= 15 is 0 Å². The molecule has 1 aliphatic carbocycles. The number of carboxylic acid groups (broad SMARTS) is 1. The van der Waals surface area contributed by atoms with Crippen LogP contribution in [0, 0.1) is 11.3 Å². The summed E-state index contributed by atoms with van der Waals surface area (Å²) in [6.45, 7) is 6.02. The summed E-state index contributed by atoms with van der Waals surface area (Å²) in [7, 11) is 0. The molecule has 4 nitrogen and oxygen atoms in total. The lowest BCUT2D eigenvalue weighted by atomic mass is 9.77. The average molecular weight is 255 g/mol. The summed E-state index contributed by atoms with van der Waals surface area (Å²) < 4.78 is 0. The Morgan fingerprint density at radius 2 is 1.78 bits per heavy atom. The second-order valence-corrected chi connectivity index (χ2v) is 6.06. The Hall–Kier alpha value is -1.06. The zero-order valence-corrected chi connectivity index (χ0v) is 11.7. The first kappa shape index (κ1) is 15.0. The lowest BCUT2D eigenvalue weighted by molar-refractivity contribution is -0.138. The fourth-order valence-electron chi connectivity index (χ4n) is 3.05. The zero-order valence-electron chi connectivity index (χ0n) is 11.7. The van der Waals surface area contributed by atoms with Crippen LogP contribution in [0.2, 0.25) is 0 Å². The first-order valence-electron chi connectivity index (χ1n) is 6.88. The van der Waals surface area contributed by atoms with Gasteiger partial charge in [0.15, 0.2) is 0 Å². The van der Waals surface area contributed by atoms with Crippen molar-refractivity contribution < 1.29 is 14.7 Å². The molecule has 0 heterocycles. The van der Waals surface area contributed by atoms with E-state index in [9.17, 15) is 9.59 Å². The maximum atomic E-state index is 12.4. The largest absolute Gasteiger partial charge is 0.481 e. The number of carboxylic acids is 1. The summed E-state index contributed by atoms with van der Waals surface area (Å²) in [5.74, 6) is -0.321. The number of hydrogen-bond acceptors (Lipinski definition) is 2. The van der Waals surface area contributed by atoms with Gasteiger partial charge in [0.25, 0.3) is 0 Å². The third-order valence-electron chi connectivity index (χ3n) is 3.70. The van der Waals surface area contributed by atoms with Crippen molar-refractivity contribution in [2.75, 3.05) is 0 Å². The van der Waals surface area contributed by atoms with Gasteiger partial charge in [-0.1, -0.05) is 26.7 Å². The van der Waals surface area contributed by atoms with E-state index in [1.54, 1.807) is 6.92 Å². The number of amides is 1. The molecule has 1 saturated carbocycles. The van der Waals surface area contributed by atoms with E-state index in [4.69, 9.17) is 5.11 Å². The highest BCUT2D eigenvalue weighted by molar-refractivity contribution is 5.83. The van der Waals surface area contributed by atoms with Crippen molar-refractivity contribution in [2.24, 2.45) is 11.3 Å². The maximum absolute atomic E-state index is 12.4. The van der Waals surface area contributed by atoms with Crippen LogP contribution in [-0.4, -0.2) is 23.0 Å². The van der Waals surface area contributed by atoms with Crippen LogP contribution in [0.4, 0.5) is 0 Å². The van der Waals surface area contributed by atoms with Crippen molar-refractivity contribution in [2.45, 2.75) is 65.3 Å². The summed E-state index contributed by atoms with van der Waals surface area (Å²) in [5.41, 5.74) is -0.249. The highest BCUT2D eigenvalue weighted by Crippen LogP contribution is 2.43. The van der Waals surface area contributed by atoms with Gasteiger partial charge in [0, 0.05) is 11.5 Å². The van der Waals surface area contributed by atoms with Crippen LogP contribution in [0.1, 0.15) is 59.3 Å². The molecule has 0 spiro atoms. The van der Waals surface area contributed by atoms with Gasteiger partial charge in [-0.3, -0.25) is 9.59 Å². The molecule has 1 rings (SSSR count). The van der Waals surface area contributed by atoms with Crippen LogP contribution < -0.4 is 5.32 Å². The topological polar surface area (TPSA) is 66.4 Å². The Kier molecular flexibility index (Phi) is 5.17. The molecule has 18 heavy (non-hydrogen) atoms. The number of rotatable bonds is 6. The Labute approximate surface area is 109 Å². The van der Waals surface area contributed by atoms with Gasteiger partial charge in [0.2, 0.25) is 5.91 Å². The highest BCUT2D eigenvalue weighted by atomic mass is 16.4. The third kappa shape index (κ3) is 4.00. The number of carbonyl (C=O) groups is 2. The molecule has 1 fully saturated rings. The minimum Gasteiger partial charge on any atom is -0.481 e. The molecule has 0 radical (unpaired) electrons. The van der Waals surface area contributed by atoms with Crippen LogP contribution in [-0.2, 0) is 9.59 Å². The lowest BCUT2D eigenvalue weighted by Gasteiger charge is -2.30. The van der Waals surface area contributed by atoms with Crippen molar-refractivity contribution in [1.82, 2.24) is 5.32 Å². The van der Waals surface area contributed by atoms with Crippen LogP contribution >= 0.6 is 0 Å². The average Bonchev–Trinajstić information content (AvgIpc) is 2.64. The molecule has 1 unspecified atom stereocenters. The molecular weight excluding hydrogens is 230 g/mol. The normalized spacial score (nSPS) is 19.8. The number of hydrogen-bond donors (Lipinski definition) is 2. The van der Waals surface area contributed by atoms with Crippen LogP contribution in [0.25, 0.3) is 0 Å². The first-order chi connectivity index (χ1) is 8.35. The van der Waals surface area contributed by atoms with Crippen molar-refractivity contribution in [1.29, 1.82) is 0 Å². The molecular formula is C14H25NO3. The standard InChI is InChI=1S/C14H25NO3/c1-10(2)9-14(6-4-5-7-14)13(18)15-11(3)8-12(16)17/h10-11H,4-9H2,1-3H3,(H,15,18)(H,16,17). The molecule has 0 saturated heterocycles. The first-order valence-corrected chi connectivity index (χ1v) is 6.88. The third-order valence-corrected chi connectivity index (χ3v) is 3.70. The number of aliphatic carboxylic acids is 1. The van der Waals surface area contributed by atoms with Gasteiger partial charge < -0.3 is 10.4 Å². The van der Waals surface area contributed by atoms with Crippen molar-refractivity contribution >= 4 is 11.9 Å². The summed E-state index contributed by atoms with van der Waals surface area (Å²) in [6, 6.07) is -0.292. The second-order valence-electron chi connectivity index (χ2n) is 6.06. The molecule has 2 N–H and O–H groups in total. The van der Waals surface area contributed by atoms with Crippen molar-refractivity contribution in [3.05, 3.63) is 0 Å². The smallest absolute Gasteiger partial charge is 0.305 e. The van der Waals surface area contributed by atoms with Gasteiger partial charge in [-0.2, -0.15) is 0 Å².